The first-order valence-electron chi connectivity index (χ1n) is 5.21. The Bertz CT molecular complexity index is 461. The number of likely N-dealkylation sites (tertiary alicyclic amines) is 1. The zero-order valence-electron chi connectivity index (χ0n) is 8.95. The van der Waals surface area contributed by atoms with Crippen LogP contribution in [0.1, 0.15) is 24.8 Å². The maximum Gasteiger partial charge on any atom is 0.229 e. The summed E-state index contributed by atoms with van der Waals surface area (Å²) >= 11 is 11.6. The van der Waals surface area contributed by atoms with Crippen LogP contribution in [-0.2, 0) is 16.1 Å². The molecule has 90 valence electrons. The van der Waals surface area contributed by atoms with E-state index in [0.29, 0.717) is 29.8 Å². The molecule has 1 aromatic rings. The van der Waals surface area contributed by atoms with Crippen LogP contribution in [0.3, 0.4) is 0 Å². The molecule has 2 heterocycles. The van der Waals surface area contributed by atoms with E-state index in [1.807, 2.05) is 0 Å². The van der Waals surface area contributed by atoms with Crippen LogP contribution in [0.25, 0.3) is 0 Å². The Kier molecular flexibility index (Phi) is 3.64. The molecule has 0 bridgehead atoms. The highest BCUT2D eigenvalue weighted by Crippen LogP contribution is 2.22. The summed E-state index contributed by atoms with van der Waals surface area (Å²) in [7, 11) is 0. The number of pyridine rings is 1. The molecule has 1 aliphatic rings. The lowest BCUT2D eigenvalue weighted by molar-refractivity contribution is -0.148. The minimum absolute atomic E-state index is 0.160. The van der Waals surface area contributed by atoms with E-state index in [9.17, 15) is 9.59 Å². The smallest absolute Gasteiger partial charge is 0.229 e. The van der Waals surface area contributed by atoms with Gasteiger partial charge in [-0.25, -0.2) is 4.98 Å². The molecule has 1 aromatic heterocycles. The molecule has 0 N–H and O–H groups in total. The molecule has 0 aromatic carbocycles. The second-order valence-electron chi connectivity index (χ2n) is 3.83. The summed E-state index contributed by atoms with van der Waals surface area (Å²) in [5.41, 5.74) is 0.625. The van der Waals surface area contributed by atoms with Gasteiger partial charge in [0.15, 0.2) is 0 Å². The molecule has 0 unspecified atom stereocenters. The van der Waals surface area contributed by atoms with Crippen molar-refractivity contribution in [2.24, 2.45) is 0 Å². The van der Waals surface area contributed by atoms with E-state index in [0.717, 1.165) is 0 Å². The average Bonchev–Trinajstić information content (AvgIpc) is 2.26. The Balaban J connectivity index is 2.19. The predicted octanol–water partition coefficient (Wildman–Crippen LogP) is 2.43. The van der Waals surface area contributed by atoms with E-state index >= 15 is 0 Å². The minimum Gasteiger partial charge on any atom is -0.278 e. The van der Waals surface area contributed by atoms with Crippen molar-refractivity contribution >= 4 is 35.0 Å². The quantitative estimate of drug-likeness (QED) is 0.614. The summed E-state index contributed by atoms with van der Waals surface area (Å²) in [6.45, 7) is 0.167. The first-order chi connectivity index (χ1) is 8.08. The number of carbonyl (C=O) groups excluding carboxylic acids is 2. The van der Waals surface area contributed by atoms with Gasteiger partial charge in [-0.2, -0.15) is 0 Å². The van der Waals surface area contributed by atoms with Crippen molar-refractivity contribution in [3.05, 3.63) is 28.0 Å². The molecule has 1 fully saturated rings. The van der Waals surface area contributed by atoms with E-state index in [2.05, 4.69) is 4.98 Å². The molecule has 17 heavy (non-hydrogen) atoms. The van der Waals surface area contributed by atoms with E-state index in [1.165, 1.54) is 17.2 Å². The fourth-order valence-electron chi connectivity index (χ4n) is 1.70. The van der Waals surface area contributed by atoms with E-state index < -0.39 is 0 Å². The summed E-state index contributed by atoms with van der Waals surface area (Å²) in [6.07, 6.45) is 2.93. The molecule has 1 aliphatic heterocycles. The van der Waals surface area contributed by atoms with Gasteiger partial charge in [-0.05, 0) is 12.5 Å². The zero-order valence-corrected chi connectivity index (χ0v) is 10.5. The summed E-state index contributed by atoms with van der Waals surface area (Å²) in [5.74, 6) is -0.320. The van der Waals surface area contributed by atoms with Gasteiger partial charge >= 0.3 is 0 Å². The topological polar surface area (TPSA) is 50.3 Å². The van der Waals surface area contributed by atoms with Gasteiger partial charge in [0.25, 0.3) is 0 Å². The van der Waals surface area contributed by atoms with Gasteiger partial charge < -0.3 is 0 Å². The number of rotatable bonds is 2. The van der Waals surface area contributed by atoms with Crippen LogP contribution in [0, 0.1) is 0 Å². The van der Waals surface area contributed by atoms with Crippen molar-refractivity contribution in [2.45, 2.75) is 25.8 Å². The third-order valence-electron chi connectivity index (χ3n) is 2.61. The molecule has 4 nitrogen and oxygen atoms in total. The van der Waals surface area contributed by atoms with Gasteiger partial charge in [-0.1, -0.05) is 23.2 Å². The molecule has 6 heteroatoms. The van der Waals surface area contributed by atoms with Crippen molar-refractivity contribution < 1.29 is 9.59 Å². The van der Waals surface area contributed by atoms with Crippen LogP contribution in [0.4, 0.5) is 0 Å². The molecule has 2 amide bonds. The van der Waals surface area contributed by atoms with Gasteiger partial charge in [-0.3, -0.25) is 14.5 Å². The van der Waals surface area contributed by atoms with E-state index in [-0.39, 0.29) is 23.5 Å². The number of hydrogen-bond acceptors (Lipinski definition) is 3. The summed E-state index contributed by atoms with van der Waals surface area (Å²) in [6, 6.07) is 1.50. The molecule has 0 saturated carbocycles. The number of carbonyl (C=O) groups is 2. The molecular weight excluding hydrogens is 263 g/mol. The van der Waals surface area contributed by atoms with Crippen LogP contribution < -0.4 is 0 Å². The highest BCUT2D eigenvalue weighted by atomic mass is 35.5. The first kappa shape index (κ1) is 12.3. The second-order valence-corrected chi connectivity index (χ2v) is 4.62. The van der Waals surface area contributed by atoms with Gasteiger partial charge in [0, 0.05) is 24.6 Å². The molecule has 0 atom stereocenters. The number of amides is 2. The minimum atomic E-state index is -0.160. The number of aromatic nitrogens is 1. The SMILES string of the molecule is O=C1CCCC(=O)N1Cc1cnc(Cl)cc1Cl. The van der Waals surface area contributed by atoms with Gasteiger partial charge in [0.2, 0.25) is 11.8 Å². The Morgan fingerprint density at radius 3 is 2.47 bits per heavy atom. The Morgan fingerprint density at radius 1 is 1.24 bits per heavy atom. The van der Waals surface area contributed by atoms with Crippen LogP contribution >= 0.6 is 23.2 Å². The van der Waals surface area contributed by atoms with E-state index in [1.54, 1.807) is 0 Å². The summed E-state index contributed by atoms with van der Waals surface area (Å²) < 4.78 is 0. The molecule has 2 rings (SSSR count). The van der Waals surface area contributed by atoms with Gasteiger partial charge in [0.1, 0.15) is 5.15 Å². The fraction of sp³-hybridized carbons (Fsp3) is 0.364. The van der Waals surface area contributed by atoms with Gasteiger partial charge in [0.05, 0.1) is 11.6 Å². The lowest BCUT2D eigenvalue weighted by atomic mass is 10.1. The predicted molar refractivity (Wildman–Crippen MR) is 63.7 cm³/mol. The lowest BCUT2D eigenvalue weighted by Gasteiger charge is -2.25. The van der Waals surface area contributed by atoms with Crippen molar-refractivity contribution in [3.63, 3.8) is 0 Å². The zero-order chi connectivity index (χ0) is 12.4. The third kappa shape index (κ3) is 2.76. The van der Waals surface area contributed by atoms with Crippen molar-refractivity contribution in [1.29, 1.82) is 0 Å². The molecule has 0 aliphatic carbocycles. The molecule has 0 spiro atoms. The highest BCUT2D eigenvalue weighted by molar-refractivity contribution is 6.34. The summed E-state index contributed by atoms with van der Waals surface area (Å²) in [4.78, 5) is 28.3. The molecular formula is C11H10Cl2N2O2. The van der Waals surface area contributed by atoms with Crippen molar-refractivity contribution in [1.82, 2.24) is 9.88 Å². The fourth-order valence-corrected chi connectivity index (χ4v) is 2.12. The number of imide groups is 1. The molecule has 0 radical (unpaired) electrons. The third-order valence-corrected chi connectivity index (χ3v) is 3.17. The van der Waals surface area contributed by atoms with Crippen LogP contribution in [0.15, 0.2) is 12.3 Å². The van der Waals surface area contributed by atoms with Crippen molar-refractivity contribution in [2.75, 3.05) is 0 Å². The standard InChI is InChI=1S/C11H10Cl2N2O2/c12-8-4-9(13)14-5-7(8)6-15-10(16)2-1-3-11(15)17/h4-5H,1-3,6H2. The number of nitrogens with zero attached hydrogens (tertiary/aromatic N) is 2. The number of piperidine rings is 1. The van der Waals surface area contributed by atoms with Crippen LogP contribution in [0.5, 0.6) is 0 Å². The summed E-state index contributed by atoms with van der Waals surface area (Å²) in [5, 5.41) is 0.700. The van der Waals surface area contributed by atoms with Crippen LogP contribution in [-0.4, -0.2) is 21.7 Å². The first-order valence-corrected chi connectivity index (χ1v) is 5.96. The monoisotopic (exact) mass is 272 g/mol. The highest BCUT2D eigenvalue weighted by Gasteiger charge is 2.26. The van der Waals surface area contributed by atoms with E-state index in [4.69, 9.17) is 23.2 Å². The normalized spacial score (nSPS) is 16.5. The second kappa shape index (κ2) is 5.02. The maximum absolute atomic E-state index is 11.6. The Hall–Kier alpha value is -1.13. The Morgan fingerprint density at radius 2 is 1.88 bits per heavy atom. The van der Waals surface area contributed by atoms with Gasteiger partial charge in [-0.15, -0.1) is 0 Å². The maximum atomic E-state index is 11.6. The van der Waals surface area contributed by atoms with Crippen molar-refractivity contribution in [3.8, 4) is 0 Å². The Labute approximate surface area is 109 Å². The van der Waals surface area contributed by atoms with Crippen LogP contribution in [0.2, 0.25) is 10.2 Å². The largest absolute Gasteiger partial charge is 0.278 e. The molecule has 1 saturated heterocycles. The lowest BCUT2D eigenvalue weighted by Crippen LogP contribution is -2.39. The number of hydrogen-bond donors (Lipinski definition) is 0. The number of halogens is 2. The average molecular weight is 273 g/mol.